The number of ether oxygens (including phenoxy) is 1. The summed E-state index contributed by atoms with van der Waals surface area (Å²) in [4.78, 5) is 0. The Bertz CT molecular complexity index is 272. The molecule has 2 heterocycles. The Hall–Kier alpha value is -0.520. The molecule has 84 valence electrons. The topological polar surface area (TPSA) is 47.0 Å². The van der Waals surface area contributed by atoms with Gasteiger partial charge in [-0.05, 0) is 43.8 Å². The van der Waals surface area contributed by atoms with Crippen LogP contribution in [0.15, 0.2) is 5.38 Å². The van der Waals surface area contributed by atoms with Gasteiger partial charge >= 0.3 is 0 Å². The van der Waals surface area contributed by atoms with Gasteiger partial charge in [-0.1, -0.05) is 4.49 Å². The second kappa shape index (κ2) is 5.53. The number of hydrogen-bond donors (Lipinski definition) is 1. The summed E-state index contributed by atoms with van der Waals surface area (Å²) in [6.45, 7) is 1.83. The van der Waals surface area contributed by atoms with Crippen molar-refractivity contribution in [3.05, 3.63) is 11.1 Å². The van der Waals surface area contributed by atoms with Gasteiger partial charge in [-0.15, -0.1) is 5.10 Å². The standard InChI is InChI=1S/C10H17N3OS/c1-11-9(10-7-15-13-12-10)6-8-2-4-14-5-3-8/h7-9,11H,2-6H2,1H3. The molecule has 0 radical (unpaired) electrons. The Labute approximate surface area is 94.2 Å². The number of hydrogen-bond acceptors (Lipinski definition) is 5. The largest absolute Gasteiger partial charge is 0.381 e. The molecule has 1 aromatic heterocycles. The van der Waals surface area contributed by atoms with Gasteiger partial charge in [-0.25, -0.2) is 0 Å². The Morgan fingerprint density at radius 3 is 3.00 bits per heavy atom. The quantitative estimate of drug-likeness (QED) is 0.849. The van der Waals surface area contributed by atoms with E-state index in [1.165, 1.54) is 24.4 Å². The molecule has 1 aromatic rings. The average Bonchev–Trinajstić information content (AvgIpc) is 2.81. The molecule has 1 aliphatic rings. The van der Waals surface area contributed by atoms with Crippen LogP contribution in [0.1, 0.15) is 31.0 Å². The van der Waals surface area contributed by atoms with Crippen molar-refractivity contribution in [2.75, 3.05) is 20.3 Å². The predicted octanol–water partition coefficient (Wildman–Crippen LogP) is 1.62. The van der Waals surface area contributed by atoms with Crippen molar-refractivity contribution in [3.8, 4) is 0 Å². The first kappa shape index (κ1) is 11.0. The molecule has 1 fully saturated rings. The van der Waals surface area contributed by atoms with E-state index in [2.05, 4.69) is 14.9 Å². The van der Waals surface area contributed by atoms with Crippen LogP contribution in [0.2, 0.25) is 0 Å². The minimum Gasteiger partial charge on any atom is -0.381 e. The molecule has 1 atom stereocenters. The molecule has 2 rings (SSSR count). The zero-order valence-corrected chi connectivity index (χ0v) is 9.80. The van der Waals surface area contributed by atoms with Crippen LogP contribution in [0, 0.1) is 5.92 Å². The molecule has 0 saturated carbocycles. The number of nitrogens with zero attached hydrogens (tertiary/aromatic N) is 2. The van der Waals surface area contributed by atoms with Gasteiger partial charge in [0.2, 0.25) is 0 Å². The molecule has 1 aliphatic heterocycles. The fourth-order valence-corrected chi connectivity index (χ4v) is 2.53. The van der Waals surface area contributed by atoms with Crippen LogP contribution in [0.3, 0.4) is 0 Å². The van der Waals surface area contributed by atoms with Crippen molar-refractivity contribution in [2.45, 2.75) is 25.3 Å². The van der Waals surface area contributed by atoms with Gasteiger partial charge in [-0.2, -0.15) is 0 Å². The molecule has 5 heteroatoms. The third-order valence-electron chi connectivity index (χ3n) is 2.99. The highest BCUT2D eigenvalue weighted by molar-refractivity contribution is 7.03. The summed E-state index contributed by atoms with van der Waals surface area (Å²) >= 11 is 1.42. The van der Waals surface area contributed by atoms with E-state index in [0.29, 0.717) is 6.04 Å². The summed E-state index contributed by atoms with van der Waals surface area (Å²) < 4.78 is 9.27. The summed E-state index contributed by atoms with van der Waals surface area (Å²) in [5.41, 5.74) is 1.08. The molecular weight excluding hydrogens is 210 g/mol. The van der Waals surface area contributed by atoms with Crippen LogP contribution in [-0.2, 0) is 4.74 Å². The van der Waals surface area contributed by atoms with Crippen LogP contribution in [0.5, 0.6) is 0 Å². The molecule has 1 N–H and O–H groups in total. The van der Waals surface area contributed by atoms with Gasteiger partial charge in [0.05, 0.1) is 11.7 Å². The first-order chi connectivity index (χ1) is 7.40. The molecular formula is C10H17N3OS. The Morgan fingerprint density at radius 2 is 2.40 bits per heavy atom. The summed E-state index contributed by atoms with van der Waals surface area (Å²) in [7, 11) is 1.99. The summed E-state index contributed by atoms with van der Waals surface area (Å²) in [5.74, 6) is 0.762. The van der Waals surface area contributed by atoms with E-state index in [1.54, 1.807) is 0 Å². The van der Waals surface area contributed by atoms with Crippen LogP contribution in [0.25, 0.3) is 0 Å². The SMILES string of the molecule is CNC(CC1CCOCC1)c1csnn1. The molecule has 0 aliphatic carbocycles. The molecule has 4 nitrogen and oxygen atoms in total. The lowest BCUT2D eigenvalue weighted by Gasteiger charge is -2.25. The van der Waals surface area contributed by atoms with Gasteiger partial charge in [0.25, 0.3) is 0 Å². The molecule has 1 saturated heterocycles. The van der Waals surface area contributed by atoms with Crippen LogP contribution in [-0.4, -0.2) is 29.8 Å². The van der Waals surface area contributed by atoms with Crippen molar-refractivity contribution >= 4 is 11.5 Å². The zero-order chi connectivity index (χ0) is 10.5. The van der Waals surface area contributed by atoms with E-state index in [4.69, 9.17) is 4.74 Å². The second-order valence-corrected chi connectivity index (χ2v) is 4.57. The minimum absolute atomic E-state index is 0.354. The van der Waals surface area contributed by atoms with E-state index in [-0.39, 0.29) is 0 Å². The lowest BCUT2D eigenvalue weighted by molar-refractivity contribution is 0.0606. The van der Waals surface area contributed by atoms with E-state index in [9.17, 15) is 0 Å². The van der Waals surface area contributed by atoms with Crippen molar-refractivity contribution < 1.29 is 4.74 Å². The highest BCUT2D eigenvalue weighted by Gasteiger charge is 2.20. The summed E-state index contributed by atoms with van der Waals surface area (Å²) in [6, 6.07) is 0.354. The normalized spacial score (nSPS) is 20.3. The molecule has 0 spiro atoms. The van der Waals surface area contributed by atoms with Gasteiger partial charge in [0.15, 0.2) is 0 Å². The maximum absolute atomic E-state index is 5.36. The van der Waals surface area contributed by atoms with Gasteiger partial charge in [-0.3, -0.25) is 0 Å². The fraction of sp³-hybridized carbons (Fsp3) is 0.800. The van der Waals surface area contributed by atoms with Crippen molar-refractivity contribution in [2.24, 2.45) is 5.92 Å². The Kier molecular flexibility index (Phi) is 4.05. The summed E-state index contributed by atoms with van der Waals surface area (Å²) in [5, 5.41) is 9.47. The van der Waals surface area contributed by atoms with E-state index < -0.39 is 0 Å². The van der Waals surface area contributed by atoms with Crippen molar-refractivity contribution in [1.82, 2.24) is 14.9 Å². The second-order valence-electron chi connectivity index (χ2n) is 3.96. The number of aromatic nitrogens is 2. The van der Waals surface area contributed by atoms with E-state index in [1.807, 2.05) is 12.4 Å². The summed E-state index contributed by atoms with van der Waals surface area (Å²) in [6.07, 6.45) is 3.50. The zero-order valence-electron chi connectivity index (χ0n) is 8.98. The van der Waals surface area contributed by atoms with E-state index in [0.717, 1.165) is 31.2 Å². The molecule has 0 aromatic carbocycles. The highest BCUT2D eigenvalue weighted by atomic mass is 32.1. The first-order valence-corrected chi connectivity index (χ1v) is 6.25. The molecule has 1 unspecified atom stereocenters. The van der Waals surface area contributed by atoms with Gasteiger partial charge in [0.1, 0.15) is 0 Å². The third-order valence-corrected chi connectivity index (χ3v) is 3.52. The monoisotopic (exact) mass is 227 g/mol. The maximum atomic E-state index is 5.36. The minimum atomic E-state index is 0.354. The fourth-order valence-electron chi connectivity index (χ4n) is 2.03. The van der Waals surface area contributed by atoms with Gasteiger partial charge in [0, 0.05) is 18.6 Å². The molecule has 0 bridgehead atoms. The van der Waals surface area contributed by atoms with E-state index >= 15 is 0 Å². The molecule has 0 amide bonds. The van der Waals surface area contributed by atoms with Gasteiger partial charge < -0.3 is 10.1 Å². The maximum Gasteiger partial charge on any atom is 0.0924 e. The molecule has 15 heavy (non-hydrogen) atoms. The first-order valence-electron chi connectivity index (χ1n) is 5.42. The van der Waals surface area contributed by atoms with Crippen LogP contribution >= 0.6 is 11.5 Å². The predicted molar refractivity (Wildman–Crippen MR) is 59.9 cm³/mol. The Morgan fingerprint density at radius 1 is 1.60 bits per heavy atom. The highest BCUT2D eigenvalue weighted by Crippen LogP contribution is 2.26. The Balaban J connectivity index is 1.90. The number of nitrogens with one attached hydrogen (secondary N) is 1. The smallest absolute Gasteiger partial charge is 0.0924 e. The lowest BCUT2D eigenvalue weighted by Crippen LogP contribution is -2.24. The van der Waals surface area contributed by atoms with Crippen molar-refractivity contribution in [3.63, 3.8) is 0 Å². The van der Waals surface area contributed by atoms with Crippen LogP contribution in [0.4, 0.5) is 0 Å². The average molecular weight is 227 g/mol. The third kappa shape index (κ3) is 2.96. The number of rotatable bonds is 4. The lowest BCUT2D eigenvalue weighted by atomic mass is 9.91. The van der Waals surface area contributed by atoms with Crippen LogP contribution < -0.4 is 5.32 Å². The van der Waals surface area contributed by atoms with Crippen molar-refractivity contribution in [1.29, 1.82) is 0 Å².